The van der Waals surface area contributed by atoms with Crippen LogP contribution in [0.4, 0.5) is 5.13 Å². The van der Waals surface area contributed by atoms with Gasteiger partial charge in [-0.05, 0) is 24.6 Å². The molecule has 5 nitrogen and oxygen atoms in total. The maximum Gasteiger partial charge on any atom is 0.269 e. The summed E-state index contributed by atoms with van der Waals surface area (Å²) in [7, 11) is 0. The Morgan fingerprint density at radius 2 is 1.89 bits per heavy atom. The number of hydrogen-bond donors (Lipinski definition) is 1. The third-order valence-corrected chi connectivity index (χ3v) is 6.24. The fourth-order valence-corrected chi connectivity index (χ4v) is 4.57. The van der Waals surface area contributed by atoms with Crippen molar-refractivity contribution in [2.45, 2.75) is 13.3 Å². The fraction of sp³-hybridized carbons (Fsp3) is 0.100. The Kier molecular flexibility index (Phi) is 5.47. The summed E-state index contributed by atoms with van der Waals surface area (Å²) in [4.78, 5) is 17.7. The minimum Gasteiger partial charge on any atom is -0.296 e. The Hall–Kier alpha value is -2.61. The van der Waals surface area contributed by atoms with E-state index in [0.29, 0.717) is 27.1 Å². The number of benzene rings is 2. The third-order valence-electron chi connectivity index (χ3n) is 3.96. The molecule has 0 aliphatic carbocycles. The second-order valence-electron chi connectivity index (χ2n) is 6.06. The van der Waals surface area contributed by atoms with Crippen LogP contribution in [0, 0.1) is 6.92 Å². The number of aromatic nitrogens is 3. The number of carbonyl (C=O) groups excluding carboxylic acids is 1. The van der Waals surface area contributed by atoms with Gasteiger partial charge in [0.15, 0.2) is 0 Å². The lowest BCUT2D eigenvalue weighted by atomic mass is 10.2. The summed E-state index contributed by atoms with van der Waals surface area (Å²) in [5.74, 6) is -0.231. The number of nitrogens with one attached hydrogen (secondary N) is 1. The predicted molar refractivity (Wildman–Crippen MR) is 114 cm³/mol. The number of hydrogen-bond acceptors (Lipinski definition) is 6. The van der Waals surface area contributed by atoms with Crippen LogP contribution >= 0.6 is 34.3 Å². The minimum absolute atomic E-state index is 0.231. The van der Waals surface area contributed by atoms with Crippen molar-refractivity contribution in [2.75, 3.05) is 5.32 Å². The zero-order valence-electron chi connectivity index (χ0n) is 14.8. The van der Waals surface area contributed by atoms with E-state index in [1.807, 2.05) is 61.5 Å². The van der Waals surface area contributed by atoms with Gasteiger partial charge in [0.1, 0.15) is 14.9 Å². The highest BCUT2D eigenvalue weighted by molar-refractivity contribution is 7.17. The number of nitrogens with zero attached hydrogens (tertiary/aromatic N) is 3. The van der Waals surface area contributed by atoms with Gasteiger partial charge >= 0.3 is 0 Å². The molecule has 0 radical (unpaired) electrons. The predicted octanol–water partition coefficient (Wildman–Crippen LogP) is 5.47. The first-order valence-electron chi connectivity index (χ1n) is 8.49. The number of carbonyl (C=O) groups is 1. The molecule has 0 bridgehead atoms. The average Bonchev–Trinajstić information content (AvgIpc) is 3.29. The van der Waals surface area contributed by atoms with Gasteiger partial charge < -0.3 is 0 Å². The van der Waals surface area contributed by atoms with Crippen molar-refractivity contribution < 1.29 is 4.79 Å². The highest BCUT2D eigenvalue weighted by Crippen LogP contribution is 2.30. The van der Waals surface area contributed by atoms with E-state index >= 15 is 0 Å². The highest BCUT2D eigenvalue weighted by atomic mass is 35.5. The van der Waals surface area contributed by atoms with E-state index in [4.69, 9.17) is 11.6 Å². The molecular weight excluding hydrogens is 412 g/mol. The molecule has 1 N–H and O–H groups in total. The van der Waals surface area contributed by atoms with Crippen LogP contribution in [0.2, 0.25) is 5.02 Å². The smallest absolute Gasteiger partial charge is 0.269 e. The second kappa shape index (κ2) is 8.18. The van der Waals surface area contributed by atoms with Crippen molar-refractivity contribution >= 4 is 45.3 Å². The minimum atomic E-state index is -0.231. The molecule has 2 heterocycles. The second-order valence-corrected chi connectivity index (χ2v) is 8.56. The van der Waals surface area contributed by atoms with Crippen LogP contribution in [0.1, 0.15) is 25.9 Å². The van der Waals surface area contributed by atoms with Crippen LogP contribution in [-0.2, 0) is 6.42 Å². The zero-order valence-corrected chi connectivity index (χ0v) is 17.2. The van der Waals surface area contributed by atoms with Gasteiger partial charge in [0.25, 0.3) is 5.91 Å². The number of halogens is 1. The Morgan fingerprint density at radius 3 is 2.68 bits per heavy atom. The summed E-state index contributed by atoms with van der Waals surface area (Å²) in [6, 6.07) is 17.5. The molecular formula is C20H15ClN4OS2. The van der Waals surface area contributed by atoms with E-state index in [9.17, 15) is 4.79 Å². The zero-order chi connectivity index (χ0) is 19.5. The van der Waals surface area contributed by atoms with Crippen molar-refractivity contribution in [1.82, 2.24) is 15.2 Å². The first-order chi connectivity index (χ1) is 13.6. The van der Waals surface area contributed by atoms with Crippen molar-refractivity contribution in [2.24, 2.45) is 0 Å². The van der Waals surface area contributed by atoms with Crippen LogP contribution < -0.4 is 5.32 Å². The normalized spacial score (nSPS) is 10.8. The molecule has 0 unspecified atom stereocenters. The Morgan fingerprint density at radius 1 is 1.07 bits per heavy atom. The summed E-state index contributed by atoms with van der Waals surface area (Å²) in [5.41, 5.74) is 2.72. The fourth-order valence-electron chi connectivity index (χ4n) is 2.65. The molecule has 2 aromatic heterocycles. The first kappa shape index (κ1) is 18.7. The molecule has 4 aromatic rings. The molecule has 0 saturated heterocycles. The lowest BCUT2D eigenvalue weighted by Gasteiger charge is -1.98. The van der Waals surface area contributed by atoms with E-state index in [1.54, 1.807) is 0 Å². The number of anilines is 1. The maximum atomic E-state index is 12.7. The molecule has 0 spiro atoms. The largest absolute Gasteiger partial charge is 0.296 e. The molecule has 1 amide bonds. The number of aryl methyl sites for hydroxylation is 1. The van der Waals surface area contributed by atoms with Crippen LogP contribution in [0.3, 0.4) is 0 Å². The summed E-state index contributed by atoms with van der Waals surface area (Å²) >= 11 is 8.76. The quantitative estimate of drug-likeness (QED) is 0.459. The highest BCUT2D eigenvalue weighted by Gasteiger charge is 2.18. The topological polar surface area (TPSA) is 67.8 Å². The monoisotopic (exact) mass is 426 g/mol. The van der Waals surface area contributed by atoms with Crippen molar-refractivity contribution in [3.63, 3.8) is 0 Å². The van der Waals surface area contributed by atoms with Crippen LogP contribution in [0.25, 0.3) is 10.6 Å². The van der Waals surface area contributed by atoms with E-state index < -0.39 is 0 Å². The molecule has 140 valence electrons. The lowest BCUT2D eigenvalue weighted by molar-refractivity contribution is 0.102. The molecule has 0 aliphatic heterocycles. The van der Waals surface area contributed by atoms with Crippen molar-refractivity contribution in [3.8, 4) is 10.6 Å². The van der Waals surface area contributed by atoms with Gasteiger partial charge in [-0.1, -0.05) is 65.4 Å². The summed E-state index contributed by atoms with van der Waals surface area (Å²) < 4.78 is 0. The van der Waals surface area contributed by atoms with E-state index in [-0.39, 0.29) is 5.91 Å². The first-order valence-corrected chi connectivity index (χ1v) is 10.5. The molecule has 0 atom stereocenters. The molecule has 0 aliphatic rings. The van der Waals surface area contributed by atoms with E-state index in [0.717, 1.165) is 21.1 Å². The summed E-state index contributed by atoms with van der Waals surface area (Å²) in [6.45, 7) is 1.82. The van der Waals surface area contributed by atoms with Gasteiger partial charge in [0.05, 0.1) is 5.69 Å². The number of thiazole rings is 1. The Bertz CT molecular complexity index is 1120. The Balaban J connectivity index is 1.48. The molecule has 4 rings (SSSR count). The van der Waals surface area contributed by atoms with Crippen molar-refractivity contribution in [3.05, 3.63) is 80.8 Å². The van der Waals surface area contributed by atoms with Gasteiger partial charge in [0, 0.05) is 17.0 Å². The molecule has 2 aromatic carbocycles. The molecule has 8 heteroatoms. The van der Waals surface area contributed by atoms with E-state index in [2.05, 4.69) is 20.5 Å². The van der Waals surface area contributed by atoms with Crippen LogP contribution in [0.5, 0.6) is 0 Å². The standard InChI is InChI=1S/C20H15ClN4OS2/c1-12-17(28-19(22-12)14-8-5-9-15(21)11-14)18(26)23-20-25-24-16(27-20)10-13-6-3-2-4-7-13/h2-9,11H,10H2,1H3,(H,23,25,26). The van der Waals surface area contributed by atoms with E-state index in [1.165, 1.54) is 22.7 Å². The van der Waals surface area contributed by atoms with Gasteiger partial charge in [-0.2, -0.15) is 0 Å². The number of rotatable bonds is 5. The molecule has 28 heavy (non-hydrogen) atoms. The van der Waals surface area contributed by atoms with Crippen LogP contribution in [-0.4, -0.2) is 21.1 Å². The van der Waals surface area contributed by atoms with Gasteiger partial charge in [-0.25, -0.2) is 4.98 Å². The summed E-state index contributed by atoms with van der Waals surface area (Å²) in [6.07, 6.45) is 0.687. The Labute approximate surface area is 175 Å². The lowest BCUT2D eigenvalue weighted by Crippen LogP contribution is -2.11. The summed E-state index contributed by atoms with van der Waals surface area (Å²) in [5, 5.41) is 13.8. The molecule has 0 fully saturated rings. The van der Waals surface area contributed by atoms with Gasteiger partial charge in [-0.15, -0.1) is 21.5 Å². The third kappa shape index (κ3) is 4.27. The SMILES string of the molecule is Cc1nc(-c2cccc(Cl)c2)sc1C(=O)Nc1nnc(Cc2ccccc2)s1. The maximum absolute atomic E-state index is 12.7. The van der Waals surface area contributed by atoms with Gasteiger partial charge in [-0.3, -0.25) is 10.1 Å². The van der Waals surface area contributed by atoms with Gasteiger partial charge in [0.2, 0.25) is 5.13 Å². The molecule has 0 saturated carbocycles. The van der Waals surface area contributed by atoms with Crippen LogP contribution in [0.15, 0.2) is 54.6 Å². The van der Waals surface area contributed by atoms with Crippen molar-refractivity contribution in [1.29, 1.82) is 0 Å². The number of amides is 1. The average molecular weight is 427 g/mol.